The molecular weight excluding hydrogens is 268 g/mol. The minimum Gasteiger partial charge on any atom is -0.327 e. The van der Waals surface area contributed by atoms with Crippen LogP contribution in [0, 0.1) is 0 Å². The van der Waals surface area contributed by atoms with E-state index in [0.717, 1.165) is 13.0 Å². The van der Waals surface area contributed by atoms with Gasteiger partial charge in [0.1, 0.15) is 5.82 Å². The number of rotatable bonds is 2. The highest BCUT2D eigenvalue weighted by Crippen LogP contribution is 2.31. The molecule has 1 aliphatic heterocycles. The summed E-state index contributed by atoms with van der Waals surface area (Å²) in [6.45, 7) is 1.03. The summed E-state index contributed by atoms with van der Waals surface area (Å²) < 4.78 is 2.43. The highest BCUT2D eigenvalue weighted by molar-refractivity contribution is 5.59. The minimum atomic E-state index is 0.583. The lowest BCUT2D eigenvalue weighted by Crippen LogP contribution is -2.09. The molecule has 110 valence electrons. The van der Waals surface area contributed by atoms with E-state index in [2.05, 4.69) is 70.2 Å². The van der Waals surface area contributed by atoms with Crippen LogP contribution in [0.25, 0.3) is 11.3 Å². The molecule has 22 heavy (non-hydrogen) atoms. The fraction of sp³-hybridized carbons (Fsp3) is 0.250. The molecule has 2 heteroatoms. The third-order valence-corrected chi connectivity index (χ3v) is 4.63. The predicted molar refractivity (Wildman–Crippen MR) is 89.8 cm³/mol. The van der Waals surface area contributed by atoms with E-state index in [-0.39, 0.29) is 0 Å². The number of hydrogen-bond acceptors (Lipinski definition) is 1. The van der Waals surface area contributed by atoms with Crippen molar-refractivity contribution < 1.29 is 0 Å². The molecule has 0 N–H and O–H groups in total. The maximum Gasteiger partial charge on any atom is 0.109 e. The molecule has 0 bridgehead atoms. The van der Waals surface area contributed by atoms with E-state index >= 15 is 0 Å². The lowest BCUT2D eigenvalue weighted by atomic mass is 9.94. The molecule has 0 amide bonds. The molecule has 2 aromatic carbocycles. The van der Waals surface area contributed by atoms with Crippen molar-refractivity contribution in [3.05, 3.63) is 78.2 Å². The van der Waals surface area contributed by atoms with Gasteiger partial charge < -0.3 is 4.57 Å². The second-order valence-corrected chi connectivity index (χ2v) is 6.04. The van der Waals surface area contributed by atoms with Crippen LogP contribution in [0.15, 0.2) is 66.9 Å². The van der Waals surface area contributed by atoms with Crippen LogP contribution >= 0.6 is 0 Å². The third kappa shape index (κ3) is 2.45. The minimum absolute atomic E-state index is 0.583. The van der Waals surface area contributed by atoms with Crippen molar-refractivity contribution in [3.8, 4) is 11.3 Å². The standard InChI is InChI=1S/C20H20N2/c1-3-8-16(9-4-1)18-12-7-13-20-21-14-19(22(20)15-18)17-10-5-2-6-11-17/h1-6,8-11,14,18H,7,12-13,15H2. The predicted octanol–water partition coefficient (Wildman–Crippen LogP) is 4.67. The summed E-state index contributed by atoms with van der Waals surface area (Å²) >= 11 is 0. The van der Waals surface area contributed by atoms with Crippen LogP contribution in [0.4, 0.5) is 0 Å². The summed E-state index contributed by atoms with van der Waals surface area (Å²) in [5, 5.41) is 0. The van der Waals surface area contributed by atoms with Gasteiger partial charge in [-0.05, 0) is 24.0 Å². The van der Waals surface area contributed by atoms with Gasteiger partial charge in [-0.3, -0.25) is 0 Å². The molecule has 4 rings (SSSR count). The van der Waals surface area contributed by atoms with Crippen LogP contribution in [0.1, 0.15) is 30.1 Å². The first kappa shape index (κ1) is 13.3. The summed E-state index contributed by atoms with van der Waals surface area (Å²) in [6, 6.07) is 21.5. The van der Waals surface area contributed by atoms with Crippen LogP contribution in [0.2, 0.25) is 0 Å². The summed E-state index contributed by atoms with van der Waals surface area (Å²) in [7, 11) is 0. The highest BCUT2D eigenvalue weighted by atomic mass is 15.1. The van der Waals surface area contributed by atoms with E-state index in [1.54, 1.807) is 0 Å². The number of fused-ring (bicyclic) bond motifs is 1. The fourth-order valence-electron chi connectivity index (χ4n) is 3.47. The van der Waals surface area contributed by atoms with Crippen molar-refractivity contribution in [1.29, 1.82) is 0 Å². The Hall–Kier alpha value is -2.35. The van der Waals surface area contributed by atoms with Gasteiger partial charge in [-0.1, -0.05) is 60.7 Å². The largest absolute Gasteiger partial charge is 0.327 e. The van der Waals surface area contributed by atoms with Gasteiger partial charge in [0.05, 0.1) is 11.9 Å². The number of nitrogens with zero attached hydrogens (tertiary/aromatic N) is 2. The Morgan fingerprint density at radius 2 is 1.64 bits per heavy atom. The second kappa shape index (κ2) is 5.80. The van der Waals surface area contributed by atoms with E-state index in [1.165, 1.54) is 35.5 Å². The van der Waals surface area contributed by atoms with Crippen molar-refractivity contribution >= 4 is 0 Å². The number of imidazole rings is 1. The van der Waals surface area contributed by atoms with Gasteiger partial charge in [-0.25, -0.2) is 4.98 Å². The molecule has 3 aromatic rings. The number of aryl methyl sites for hydroxylation is 1. The maximum atomic E-state index is 4.68. The molecular formula is C20H20N2. The molecule has 0 saturated heterocycles. The molecule has 2 heterocycles. The van der Waals surface area contributed by atoms with Crippen LogP contribution in [-0.4, -0.2) is 9.55 Å². The Balaban J connectivity index is 1.73. The van der Waals surface area contributed by atoms with Crippen molar-refractivity contribution in [1.82, 2.24) is 9.55 Å². The SMILES string of the molecule is c1ccc(-c2cnc3n2CC(c2ccccc2)CCC3)cc1. The van der Waals surface area contributed by atoms with Gasteiger partial charge in [0, 0.05) is 18.9 Å². The van der Waals surface area contributed by atoms with Gasteiger partial charge in [0.15, 0.2) is 0 Å². The zero-order valence-corrected chi connectivity index (χ0v) is 12.7. The van der Waals surface area contributed by atoms with E-state index in [1.807, 2.05) is 6.20 Å². The molecule has 0 aliphatic carbocycles. The lowest BCUT2D eigenvalue weighted by molar-refractivity contribution is 0.546. The summed E-state index contributed by atoms with van der Waals surface area (Å²) in [5.41, 5.74) is 3.96. The van der Waals surface area contributed by atoms with E-state index < -0.39 is 0 Å². The van der Waals surface area contributed by atoms with Gasteiger partial charge in [-0.2, -0.15) is 0 Å². The molecule has 1 aromatic heterocycles. The van der Waals surface area contributed by atoms with Crippen LogP contribution < -0.4 is 0 Å². The van der Waals surface area contributed by atoms with Gasteiger partial charge >= 0.3 is 0 Å². The number of benzene rings is 2. The van der Waals surface area contributed by atoms with Crippen LogP contribution in [-0.2, 0) is 13.0 Å². The average molecular weight is 288 g/mol. The topological polar surface area (TPSA) is 17.8 Å². The Bertz CT molecular complexity index is 744. The smallest absolute Gasteiger partial charge is 0.109 e. The molecule has 1 aliphatic rings. The summed E-state index contributed by atoms with van der Waals surface area (Å²) in [6.07, 6.45) is 5.57. The second-order valence-electron chi connectivity index (χ2n) is 6.04. The summed E-state index contributed by atoms with van der Waals surface area (Å²) in [4.78, 5) is 4.68. The first-order valence-electron chi connectivity index (χ1n) is 8.06. The quantitative estimate of drug-likeness (QED) is 0.670. The molecule has 1 unspecified atom stereocenters. The Labute approximate surface area is 131 Å². The fourth-order valence-corrected chi connectivity index (χ4v) is 3.47. The zero-order valence-electron chi connectivity index (χ0n) is 12.7. The van der Waals surface area contributed by atoms with Gasteiger partial charge in [0.25, 0.3) is 0 Å². The molecule has 1 atom stereocenters. The molecule has 0 radical (unpaired) electrons. The molecule has 0 saturated carbocycles. The van der Waals surface area contributed by atoms with Crippen molar-refractivity contribution in [3.63, 3.8) is 0 Å². The summed E-state index contributed by atoms with van der Waals surface area (Å²) in [5.74, 6) is 1.82. The average Bonchev–Trinajstić information content (AvgIpc) is 2.86. The monoisotopic (exact) mass is 288 g/mol. The normalized spacial score (nSPS) is 17.7. The first-order valence-corrected chi connectivity index (χ1v) is 8.06. The third-order valence-electron chi connectivity index (χ3n) is 4.63. The highest BCUT2D eigenvalue weighted by Gasteiger charge is 2.21. The van der Waals surface area contributed by atoms with Crippen molar-refractivity contribution in [2.45, 2.75) is 31.7 Å². The van der Waals surface area contributed by atoms with Crippen LogP contribution in [0.5, 0.6) is 0 Å². The Morgan fingerprint density at radius 1 is 0.909 bits per heavy atom. The first-order chi connectivity index (χ1) is 10.9. The van der Waals surface area contributed by atoms with Crippen molar-refractivity contribution in [2.75, 3.05) is 0 Å². The number of hydrogen-bond donors (Lipinski definition) is 0. The molecule has 0 spiro atoms. The van der Waals surface area contributed by atoms with Crippen LogP contribution in [0.3, 0.4) is 0 Å². The molecule has 2 nitrogen and oxygen atoms in total. The lowest BCUT2D eigenvalue weighted by Gasteiger charge is -2.17. The molecule has 0 fully saturated rings. The van der Waals surface area contributed by atoms with Gasteiger partial charge in [0.2, 0.25) is 0 Å². The maximum absolute atomic E-state index is 4.68. The van der Waals surface area contributed by atoms with E-state index in [9.17, 15) is 0 Å². The Kier molecular flexibility index (Phi) is 3.51. The van der Waals surface area contributed by atoms with E-state index in [4.69, 9.17) is 0 Å². The Morgan fingerprint density at radius 3 is 2.41 bits per heavy atom. The van der Waals surface area contributed by atoms with E-state index in [0.29, 0.717) is 5.92 Å². The number of aromatic nitrogens is 2. The zero-order chi connectivity index (χ0) is 14.8. The van der Waals surface area contributed by atoms with Gasteiger partial charge in [-0.15, -0.1) is 0 Å². The van der Waals surface area contributed by atoms with Crippen molar-refractivity contribution in [2.24, 2.45) is 0 Å².